The molecule has 0 aromatic carbocycles. The Bertz CT molecular complexity index is 143. The molecule has 0 aromatic rings. The van der Waals surface area contributed by atoms with E-state index in [0.717, 1.165) is 17.8 Å². The third-order valence-corrected chi connectivity index (χ3v) is 3.74. The normalized spacial score (nSPS) is 40.2. The van der Waals surface area contributed by atoms with Gasteiger partial charge in [-0.25, -0.2) is 0 Å². The maximum Gasteiger partial charge on any atom is 0.0131 e. The Morgan fingerprint density at radius 3 is 2.25 bits per heavy atom. The van der Waals surface area contributed by atoms with Crippen molar-refractivity contribution in [2.75, 3.05) is 0 Å². The van der Waals surface area contributed by atoms with Crippen molar-refractivity contribution in [1.29, 1.82) is 0 Å². The lowest BCUT2D eigenvalue weighted by Gasteiger charge is -2.46. The van der Waals surface area contributed by atoms with Gasteiger partial charge >= 0.3 is 0 Å². The maximum atomic E-state index is 5.99. The van der Waals surface area contributed by atoms with Gasteiger partial charge in [-0.1, -0.05) is 27.2 Å². The molecular formula is C11H23N. The summed E-state index contributed by atoms with van der Waals surface area (Å²) in [5, 5.41) is 0. The van der Waals surface area contributed by atoms with Crippen LogP contribution in [-0.2, 0) is 0 Å². The summed E-state index contributed by atoms with van der Waals surface area (Å²) in [5.41, 5.74) is 6.15. The molecule has 0 heterocycles. The second-order valence-electron chi connectivity index (χ2n) is 5.07. The average Bonchev–Trinajstić information content (AvgIpc) is 1.97. The molecule has 2 atom stereocenters. The predicted octanol–water partition coefficient (Wildman–Crippen LogP) is 2.80. The fourth-order valence-electron chi connectivity index (χ4n) is 2.35. The highest BCUT2D eigenvalue weighted by Gasteiger charge is 2.40. The van der Waals surface area contributed by atoms with Crippen LogP contribution in [0.1, 0.15) is 47.0 Å². The average molecular weight is 169 g/mol. The minimum atomic E-state index is 0.159. The molecule has 0 aromatic heterocycles. The van der Waals surface area contributed by atoms with E-state index in [4.69, 9.17) is 5.73 Å². The third kappa shape index (κ3) is 2.01. The molecule has 0 bridgehead atoms. The Morgan fingerprint density at radius 1 is 1.42 bits per heavy atom. The van der Waals surface area contributed by atoms with Crippen molar-refractivity contribution in [3.05, 3.63) is 0 Å². The van der Waals surface area contributed by atoms with Crippen molar-refractivity contribution in [1.82, 2.24) is 0 Å². The first-order valence-corrected chi connectivity index (χ1v) is 5.25. The molecule has 2 unspecified atom stereocenters. The molecule has 1 aliphatic rings. The topological polar surface area (TPSA) is 26.0 Å². The van der Waals surface area contributed by atoms with E-state index in [1.165, 1.54) is 19.3 Å². The zero-order chi connectivity index (χ0) is 9.35. The Kier molecular flexibility index (Phi) is 2.82. The Morgan fingerprint density at radius 2 is 1.92 bits per heavy atom. The molecule has 1 aliphatic carbocycles. The molecule has 0 aliphatic heterocycles. The van der Waals surface area contributed by atoms with Crippen LogP contribution in [0.15, 0.2) is 0 Å². The molecule has 1 fully saturated rings. The largest absolute Gasteiger partial charge is 0.325 e. The standard InChI is InChI=1S/C11H23N/c1-5-8(2)9(3)10-6-11(4,12)7-10/h8-10H,5-7,12H2,1-4H3. The highest BCUT2D eigenvalue weighted by Crippen LogP contribution is 2.43. The van der Waals surface area contributed by atoms with Crippen LogP contribution in [0, 0.1) is 17.8 Å². The van der Waals surface area contributed by atoms with Crippen LogP contribution in [0.2, 0.25) is 0 Å². The summed E-state index contributed by atoms with van der Waals surface area (Å²) in [7, 11) is 0. The molecule has 1 heteroatoms. The summed E-state index contributed by atoms with van der Waals surface area (Å²) in [5.74, 6) is 2.63. The Labute approximate surface area is 76.7 Å². The van der Waals surface area contributed by atoms with Gasteiger partial charge in [0.05, 0.1) is 0 Å². The summed E-state index contributed by atoms with van der Waals surface area (Å²) in [4.78, 5) is 0. The van der Waals surface area contributed by atoms with Crippen molar-refractivity contribution in [2.24, 2.45) is 23.5 Å². The Hall–Kier alpha value is -0.0400. The summed E-state index contributed by atoms with van der Waals surface area (Å²) >= 11 is 0. The number of hydrogen-bond donors (Lipinski definition) is 1. The van der Waals surface area contributed by atoms with Gasteiger partial charge in [-0.3, -0.25) is 0 Å². The molecule has 0 spiro atoms. The molecular weight excluding hydrogens is 146 g/mol. The number of hydrogen-bond acceptors (Lipinski definition) is 1. The van der Waals surface area contributed by atoms with Gasteiger partial charge in [0.1, 0.15) is 0 Å². The van der Waals surface area contributed by atoms with E-state index in [9.17, 15) is 0 Å². The van der Waals surface area contributed by atoms with Crippen LogP contribution in [0.4, 0.5) is 0 Å². The fraction of sp³-hybridized carbons (Fsp3) is 1.00. The Balaban J connectivity index is 2.32. The van der Waals surface area contributed by atoms with E-state index in [1.807, 2.05) is 0 Å². The summed E-state index contributed by atoms with van der Waals surface area (Å²) in [6, 6.07) is 0. The van der Waals surface area contributed by atoms with Crippen molar-refractivity contribution in [3.63, 3.8) is 0 Å². The third-order valence-electron chi connectivity index (χ3n) is 3.74. The van der Waals surface area contributed by atoms with Gasteiger partial charge in [-0.15, -0.1) is 0 Å². The second kappa shape index (κ2) is 3.37. The first-order valence-electron chi connectivity index (χ1n) is 5.25. The lowest BCUT2D eigenvalue weighted by molar-refractivity contribution is 0.0843. The SMILES string of the molecule is CCC(C)C(C)C1CC(C)(N)C1. The van der Waals surface area contributed by atoms with Gasteiger partial charge in [0, 0.05) is 5.54 Å². The molecule has 12 heavy (non-hydrogen) atoms. The molecule has 0 radical (unpaired) electrons. The van der Waals surface area contributed by atoms with Gasteiger partial charge in [0.15, 0.2) is 0 Å². The highest BCUT2D eigenvalue weighted by atomic mass is 14.8. The van der Waals surface area contributed by atoms with E-state index in [-0.39, 0.29) is 5.54 Å². The molecule has 1 rings (SSSR count). The minimum Gasteiger partial charge on any atom is -0.325 e. The lowest BCUT2D eigenvalue weighted by Crippen LogP contribution is -2.51. The molecule has 0 amide bonds. The molecule has 0 saturated heterocycles. The van der Waals surface area contributed by atoms with Gasteiger partial charge in [-0.2, -0.15) is 0 Å². The molecule has 2 N–H and O–H groups in total. The van der Waals surface area contributed by atoms with Crippen molar-refractivity contribution < 1.29 is 0 Å². The van der Waals surface area contributed by atoms with Crippen molar-refractivity contribution in [3.8, 4) is 0 Å². The minimum absolute atomic E-state index is 0.159. The quantitative estimate of drug-likeness (QED) is 0.690. The summed E-state index contributed by atoms with van der Waals surface area (Å²) in [6.45, 7) is 9.19. The van der Waals surface area contributed by atoms with Crippen LogP contribution in [0.5, 0.6) is 0 Å². The van der Waals surface area contributed by atoms with Gasteiger partial charge in [0.2, 0.25) is 0 Å². The molecule has 1 saturated carbocycles. The first kappa shape index (κ1) is 10.0. The van der Waals surface area contributed by atoms with E-state index in [1.54, 1.807) is 0 Å². The molecule has 1 nitrogen and oxygen atoms in total. The summed E-state index contributed by atoms with van der Waals surface area (Å²) < 4.78 is 0. The zero-order valence-electron chi connectivity index (χ0n) is 8.93. The molecule has 72 valence electrons. The van der Waals surface area contributed by atoms with Gasteiger partial charge < -0.3 is 5.73 Å². The van der Waals surface area contributed by atoms with E-state index in [0.29, 0.717) is 0 Å². The van der Waals surface area contributed by atoms with E-state index >= 15 is 0 Å². The smallest absolute Gasteiger partial charge is 0.0131 e. The van der Waals surface area contributed by atoms with Crippen molar-refractivity contribution in [2.45, 2.75) is 52.5 Å². The van der Waals surface area contributed by atoms with Crippen LogP contribution in [-0.4, -0.2) is 5.54 Å². The van der Waals surface area contributed by atoms with E-state index < -0.39 is 0 Å². The van der Waals surface area contributed by atoms with Crippen LogP contribution < -0.4 is 5.73 Å². The van der Waals surface area contributed by atoms with Crippen LogP contribution in [0.25, 0.3) is 0 Å². The number of nitrogens with two attached hydrogens (primary N) is 1. The van der Waals surface area contributed by atoms with Gasteiger partial charge in [-0.05, 0) is 37.5 Å². The predicted molar refractivity (Wildman–Crippen MR) is 53.9 cm³/mol. The monoisotopic (exact) mass is 169 g/mol. The lowest BCUT2D eigenvalue weighted by atomic mass is 9.62. The van der Waals surface area contributed by atoms with E-state index in [2.05, 4.69) is 27.7 Å². The fourth-order valence-corrected chi connectivity index (χ4v) is 2.35. The summed E-state index contributed by atoms with van der Waals surface area (Å²) in [6.07, 6.45) is 3.77. The maximum absolute atomic E-state index is 5.99. The first-order chi connectivity index (χ1) is 5.46. The highest BCUT2D eigenvalue weighted by molar-refractivity contribution is 4.96. The van der Waals surface area contributed by atoms with Crippen molar-refractivity contribution >= 4 is 0 Å². The zero-order valence-corrected chi connectivity index (χ0v) is 8.93. The van der Waals surface area contributed by atoms with Gasteiger partial charge in [0.25, 0.3) is 0 Å². The number of rotatable bonds is 3. The van der Waals surface area contributed by atoms with Crippen LogP contribution in [0.3, 0.4) is 0 Å². The second-order valence-corrected chi connectivity index (χ2v) is 5.07. The van der Waals surface area contributed by atoms with Crippen LogP contribution >= 0.6 is 0 Å².